The van der Waals surface area contributed by atoms with Crippen LogP contribution in [0.25, 0.3) is 10.9 Å². The molecule has 19 heavy (non-hydrogen) atoms. The molecule has 0 aliphatic carbocycles. The fraction of sp³-hybridized carbons (Fsp3) is 0.333. The van der Waals surface area contributed by atoms with Crippen molar-refractivity contribution in [2.45, 2.75) is 12.5 Å². The van der Waals surface area contributed by atoms with E-state index in [1.54, 1.807) is 18.2 Å². The van der Waals surface area contributed by atoms with Gasteiger partial charge in [-0.05, 0) is 30.8 Å². The minimum Gasteiger partial charge on any atom is -0.332 e. The number of fused-ring (bicyclic) bond motifs is 1. The van der Waals surface area contributed by atoms with Crippen molar-refractivity contribution in [3.63, 3.8) is 0 Å². The predicted molar refractivity (Wildman–Crippen MR) is 75.7 cm³/mol. The van der Waals surface area contributed by atoms with E-state index in [9.17, 15) is 13.2 Å². The second kappa shape index (κ2) is 4.28. The van der Waals surface area contributed by atoms with Crippen molar-refractivity contribution in [2.24, 2.45) is 0 Å². The van der Waals surface area contributed by atoms with Crippen molar-refractivity contribution in [3.8, 4) is 0 Å². The van der Waals surface area contributed by atoms with Crippen LogP contribution in [-0.2, 0) is 9.84 Å². The third-order valence-electron chi connectivity index (χ3n) is 3.41. The molecule has 1 saturated heterocycles. The summed E-state index contributed by atoms with van der Waals surface area (Å²) in [6.45, 7) is 0. The summed E-state index contributed by atoms with van der Waals surface area (Å²) >= 11 is 5.19. The Bertz CT molecular complexity index is 864. The second-order valence-electron chi connectivity index (χ2n) is 4.71. The molecular weight excluding hydrogens is 284 g/mol. The highest BCUT2D eigenvalue weighted by Crippen LogP contribution is 2.23. The van der Waals surface area contributed by atoms with Gasteiger partial charge in [-0.2, -0.15) is 0 Å². The first-order valence-corrected chi connectivity index (χ1v) is 8.15. The van der Waals surface area contributed by atoms with E-state index in [2.05, 4.69) is 4.98 Å². The molecule has 2 heterocycles. The summed E-state index contributed by atoms with van der Waals surface area (Å²) in [7, 11) is -3.05. The zero-order valence-corrected chi connectivity index (χ0v) is 11.6. The molecule has 1 aromatic heterocycles. The van der Waals surface area contributed by atoms with E-state index in [4.69, 9.17) is 12.2 Å². The van der Waals surface area contributed by atoms with Gasteiger partial charge in [-0.15, -0.1) is 0 Å². The zero-order chi connectivity index (χ0) is 13.6. The molecule has 1 N–H and O–H groups in total. The molecule has 1 atom stereocenters. The van der Waals surface area contributed by atoms with Crippen molar-refractivity contribution in [1.82, 2.24) is 9.55 Å². The summed E-state index contributed by atoms with van der Waals surface area (Å²) in [5.41, 5.74) is 0.455. The molecule has 100 valence electrons. The van der Waals surface area contributed by atoms with E-state index < -0.39 is 9.84 Å². The maximum absolute atomic E-state index is 12.4. The molecule has 1 fully saturated rings. The van der Waals surface area contributed by atoms with Crippen LogP contribution in [0.3, 0.4) is 0 Å². The Hall–Kier alpha value is -1.47. The van der Waals surface area contributed by atoms with Crippen molar-refractivity contribution >= 4 is 33.0 Å². The maximum atomic E-state index is 12.4. The van der Waals surface area contributed by atoms with E-state index in [0.29, 0.717) is 17.3 Å². The second-order valence-corrected chi connectivity index (χ2v) is 7.32. The Balaban J connectivity index is 2.25. The Kier molecular flexibility index (Phi) is 2.83. The molecule has 0 amide bonds. The van der Waals surface area contributed by atoms with Crippen LogP contribution in [0.15, 0.2) is 29.1 Å². The Morgan fingerprint density at radius 3 is 2.74 bits per heavy atom. The van der Waals surface area contributed by atoms with Gasteiger partial charge in [-0.25, -0.2) is 8.42 Å². The third-order valence-corrected chi connectivity index (χ3v) is 5.46. The number of para-hydroxylation sites is 1. The van der Waals surface area contributed by atoms with Gasteiger partial charge >= 0.3 is 0 Å². The molecule has 0 radical (unpaired) electrons. The molecule has 7 heteroatoms. The predicted octanol–water partition coefficient (Wildman–Crippen LogP) is 1.42. The van der Waals surface area contributed by atoms with Gasteiger partial charge in [0, 0.05) is 0 Å². The molecule has 0 saturated carbocycles. The molecular formula is C12H12N2O3S2. The van der Waals surface area contributed by atoms with Crippen LogP contribution < -0.4 is 5.56 Å². The van der Waals surface area contributed by atoms with Gasteiger partial charge in [0.1, 0.15) is 0 Å². The summed E-state index contributed by atoms with van der Waals surface area (Å²) in [5.74, 6) is 0.106. The summed E-state index contributed by atoms with van der Waals surface area (Å²) in [4.78, 5) is 15.4. The van der Waals surface area contributed by atoms with E-state index in [1.807, 2.05) is 6.07 Å². The van der Waals surface area contributed by atoms with Gasteiger partial charge in [0.15, 0.2) is 14.6 Å². The molecule has 1 aliphatic heterocycles. The first-order chi connectivity index (χ1) is 8.98. The highest BCUT2D eigenvalue weighted by molar-refractivity contribution is 7.91. The van der Waals surface area contributed by atoms with Gasteiger partial charge in [-0.1, -0.05) is 12.1 Å². The average molecular weight is 296 g/mol. The van der Waals surface area contributed by atoms with Crippen LogP contribution in [0, 0.1) is 4.77 Å². The molecule has 0 unspecified atom stereocenters. The van der Waals surface area contributed by atoms with E-state index >= 15 is 0 Å². The lowest BCUT2D eigenvalue weighted by Gasteiger charge is -2.13. The third kappa shape index (κ3) is 2.12. The van der Waals surface area contributed by atoms with E-state index in [1.165, 1.54) is 4.57 Å². The lowest BCUT2D eigenvalue weighted by Crippen LogP contribution is -2.27. The SMILES string of the molecule is O=c1c2ccccc2[nH]c(=S)n1[C@@H]1CCS(=O)(=O)C1. The number of sulfone groups is 1. The number of nitrogens with one attached hydrogen (secondary N) is 1. The smallest absolute Gasteiger partial charge is 0.262 e. The lowest BCUT2D eigenvalue weighted by molar-refractivity contribution is 0.527. The summed E-state index contributed by atoms with van der Waals surface area (Å²) in [6.07, 6.45) is 0.443. The van der Waals surface area contributed by atoms with Crippen molar-refractivity contribution in [3.05, 3.63) is 39.4 Å². The van der Waals surface area contributed by atoms with Gasteiger partial charge < -0.3 is 4.98 Å². The van der Waals surface area contributed by atoms with Crippen molar-refractivity contribution in [1.29, 1.82) is 0 Å². The quantitative estimate of drug-likeness (QED) is 0.808. The number of H-pyrrole nitrogens is 1. The Morgan fingerprint density at radius 2 is 2.05 bits per heavy atom. The number of aromatic amines is 1. The first-order valence-electron chi connectivity index (χ1n) is 5.92. The van der Waals surface area contributed by atoms with Gasteiger partial charge in [0.05, 0.1) is 28.5 Å². The molecule has 5 nitrogen and oxygen atoms in total. The summed E-state index contributed by atoms with van der Waals surface area (Å²) in [5, 5.41) is 0.528. The molecule has 1 aliphatic rings. The number of hydrogen-bond acceptors (Lipinski definition) is 4. The van der Waals surface area contributed by atoms with E-state index in [-0.39, 0.29) is 27.9 Å². The van der Waals surface area contributed by atoms with Crippen LogP contribution in [0.4, 0.5) is 0 Å². The lowest BCUT2D eigenvalue weighted by atomic mass is 10.2. The molecule has 2 aromatic rings. The average Bonchev–Trinajstić information content (AvgIpc) is 2.69. The number of hydrogen-bond donors (Lipinski definition) is 1. The largest absolute Gasteiger partial charge is 0.332 e. The topological polar surface area (TPSA) is 71.9 Å². The monoisotopic (exact) mass is 296 g/mol. The molecule has 0 bridgehead atoms. The number of nitrogens with zero attached hydrogens (tertiary/aromatic N) is 1. The number of aromatic nitrogens is 2. The fourth-order valence-electron chi connectivity index (χ4n) is 2.49. The van der Waals surface area contributed by atoms with Crippen LogP contribution in [0.2, 0.25) is 0 Å². The highest BCUT2D eigenvalue weighted by Gasteiger charge is 2.30. The summed E-state index contributed by atoms with van der Waals surface area (Å²) in [6, 6.07) is 6.73. The number of rotatable bonds is 1. The zero-order valence-electron chi connectivity index (χ0n) is 10.00. The standard InChI is InChI=1S/C12H12N2O3S2/c15-11-9-3-1-2-4-10(9)13-12(18)14(11)8-5-6-19(16,17)7-8/h1-4,8H,5-7H2,(H,13,18)/t8-/m1/s1. The van der Waals surface area contributed by atoms with Crippen LogP contribution in [0.5, 0.6) is 0 Å². The van der Waals surface area contributed by atoms with E-state index in [0.717, 1.165) is 0 Å². The normalized spacial score (nSPS) is 21.8. The van der Waals surface area contributed by atoms with Crippen LogP contribution >= 0.6 is 12.2 Å². The molecule has 3 rings (SSSR count). The maximum Gasteiger partial charge on any atom is 0.262 e. The number of benzene rings is 1. The Morgan fingerprint density at radius 1 is 1.32 bits per heavy atom. The van der Waals surface area contributed by atoms with Crippen molar-refractivity contribution < 1.29 is 8.42 Å². The van der Waals surface area contributed by atoms with Gasteiger partial charge in [0.25, 0.3) is 5.56 Å². The van der Waals surface area contributed by atoms with Gasteiger partial charge in [-0.3, -0.25) is 9.36 Å². The minimum atomic E-state index is -3.05. The first kappa shape index (κ1) is 12.6. The van der Waals surface area contributed by atoms with Crippen LogP contribution in [0.1, 0.15) is 12.5 Å². The van der Waals surface area contributed by atoms with Crippen molar-refractivity contribution in [2.75, 3.05) is 11.5 Å². The molecule has 0 spiro atoms. The fourth-order valence-corrected chi connectivity index (χ4v) is 4.53. The minimum absolute atomic E-state index is 0.0112. The highest BCUT2D eigenvalue weighted by atomic mass is 32.2. The van der Waals surface area contributed by atoms with Gasteiger partial charge in [0.2, 0.25) is 0 Å². The Labute approximate surface area is 114 Å². The van der Waals surface area contributed by atoms with Crippen LogP contribution in [-0.4, -0.2) is 29.5 Å². The molecule has 1 aromatic carbocycles. The summed E-state index contributed by atoms with van der Waals surface area (Å²) < 4.78 is 24.8.